The van der Waals surface area contributed by atoms with Crippen LogP contribution in [0, 0.1) is 0 Å². The van der Waals surface area contributed by atoms with Crippen molar-refractivity contribution in [3.8, 4) is 0 Å². The zero-order valence-electron chi connectivity index (χ0n) is 13.0. The number of sulfonamides is 1. The van der Waals surface area contributed by atoms with Gasteiger partial charge in [-0.15, -0.1) is 0 Å². The first-order chi connectivity index (χ1) is 11.4. The van der Waals surface area contributed by atoms with Gasteiger partial charge in [-0.1, -0.05) is 0 Å². The predicted molar refractivity (Wildman–Crippen MR) is 85.2 cm³/mol. The van der Waals surface area contributed by atoms with Crippen molar-refractivity contribution in [3.63, 3.8) is 0 Å². The first-order valence-electron chi connectivity index (χ1n) is 7.87. The summed E-state index contributed by atoms with van der Waals surface area (Å²) in [5.74, 6) is -1.48. The lowest BCUT2D eigenvalue weighted by Gasteiger charge is -2.31. The Morgan fingerprint density at radius 1 is 1.17 bits per heavy atom. The molecule has 0 unspecified atom stereocenters. The van der Waals surface area contributed by atoms with E-state index in [0.717, 1.165) is 12.8 Å². The van der Waals surface area contributed by atoms with Crippen molar-refractivity contribution in [1.82, 2.24) is 14.6 Å². The molecule has 2 heterocycles. The van der Waals surface area contributed by atoms with E-state index in [1.54, 1.807) is 0 Å². The lowest BCUT2D eigenvalue weighted by molar-refractivity contribution is 0.0689. The van der Waals surface area contributed by atoms with Gasteiger partial charge in [0, 0.05) is 25.3 Å². The number of aromatic carboxylic acids is 1. The van der Waals surface area contributed by atoms with E-state index in [1.807, 2.05) is 0 Å². The van der Waals surface area contributed by atoms with Gasteiger partial charge >= 0.3 is 5.97 Å². The number of carboxylic acids is 1. The number of carbonyl (C=O) groups is 2. The minimum absolute atomic E-state index is 0.0951. The predicted octanol–water partition coefficient (Wildman–Crippen LogP) is 0.466. The third kappa shape index (κ3) is 3.57. The highest BCUT2D eigenvalue weighted by Crippen LogP contribution is 2.32. The summed E-state index contributed by atoms with van der Waals surface area (Å²) in [6.07, 6.45) is 3.86. The molecule has 1 aromatic heterocycles. The molecule has 130 valence electrons. The van der Waals surface area contributed by atoms with Crippen molar-refractivity contribution in [2.45, 2.75) is 37.0 Å². The third-order valence-corrected chi connectivity index (χ3v) is 6.74. The van der Waals surface area contributed by atoms with Gasteiger partial charge in [0.05, 0.1) is 10.8 Å². The van der Waals surface area contributed by atoms with Gasteiger partial charge in [0.1, 0.15) is 5.69 Å². The standard InChI is InChI=1S/C15H19N3O5S/c19-14(10-1-4-13(15(20)21)16-9-10)17-11-5-7-18(8-6-11)24(22,23)12-2-3-12/h1,4,9,11-12H,2-3,5-8H2,(H,17,19)(H,20,21). The molecule has 1 amide bonds. The fraction of sp³-hybridized carbons (Fsp3) is 0.533. The molecule has 1 aliphatic heterocycles. The molecule has 1 aromatic rings. The normalized spacial score (nSPS) is 19.8. The van der Waals surface area contributed by atoms with Gasteiger partial charge in [0.15, 0.2) is 0 Å². The molecule has 1 saturated carbocycles. The Labute approximate surface area is 139 Å². The van der Waals surface area contributed by atoms with Crippen LogP contribution < -0.4 is 5.32 Å². The Hall–Kier alpha value is -2.00. The Morgan fingerprint density at radius 3 is 2.33 bits per heavy atom. The number of amides is 1. The molecule has 1 aliphatic carbocycles. The average Bonchev–Trinajstić information content (AvgIpc) is 3.41. The number of nitrogens with zero attached hydrogens (tertiary/aromatic N) is 2. The molecule has 8 nitrogen and oxygen atoms in total. The molecule has 0 radical (unpaired) electrons. The molecule has 0 atom stereocenters. The number of piperidine rings is 1. The molecule has 2 fully saturated rings. The Balaban J connectivity index is 1.54. The topological polar surface area (TPSA) is 117 Å². The van der Waals surface area contributed by atoms with Gasteiger partial charge in [-0.05, 0) is 37.8 Å². The average molecular weight is 353 g/mol. The van der Waals surface area contributed by atoms with Crippen LogP contribution in [-0.2, 0) is 10.0 Å². The smallest absolute Gasteiger partial charge is 0.354 e. The maximum atomic E-state index is 12.2. The molecular formula is C15H19N3O5S. The minimum atomic E-state index is -3.15. The highest BCUT2D eigenvalue weighted by atomic mass is 32.2. The van der Waals surface area contributed by atoms with Crippen molar-refractivity contribution < 1.29 is 23.1 Å². The number of hydrogen-bond acceptors (Lipinski definition) is 5. The molecule has 2 aliphatic rings. The first kappa shape index (κ1) is 16.8. The van der Waals surface area contributed by atoms with E-state index in [4.69, 9.17) is 5.11 Å². The van der Waals surface area contributed by atoms with Gasteiger partial charge in [-0.25, -0.2) is 22.5 Å². The van der Waals surface area contributed by atoms with Crippen LogP contribution >= 0.6 is 0 Å². The van der Waals surface area contributed by atoms with Crippen LogP contribution in [-0.4, -0.2) is 59.1 Å². The summed E-state index contributed by atoms with van der Waals surface area (Å²) in [6.45, 7) is 0.833. The van der Waals surface area contributed by atoms with E-state index in [9.17, 15) is 18.0 Å². The fourth-order valence-corrected chi connectivity index (χ4v) is 4.63. The van der Waals surface area contributed by atoms with E-state index >= 15 is 0 Å². The summed E-state index contributed by atoms with van der Waals surface area (Å²) in [4.78, 5) is 26.6. The molecular weight excluding hydrogens is 334 g/mol. The Morgan fingerprint density at radius 2 is 1.83 bits per heavy atom. The van der Waals surface area contributed by atoms with E-state index in [2.05, 4.69) is 10.3 Å². The second-order valence-electron chi connectivity index (χ2n) is 6.13. The van der Waals surface area contributed by atoms with Crippen LogP contribution in [0.25, 0.3) is 0 Å². The second-order valence-corrected chi connectivity index (χ2v) is 8.34. The summed E-state index contributed by atoms with van der Waals surface area (Å²) in [7, 11) is -3.15. The molecule has 9 heteroatoms. The van der Waals surface area contributed by atoms with Gasteiger partial charge in [-0.3, -0.25) is 4.79 Å². The summed E-state index contributed by atoms with van der Waals surface area (Å²) in [6, 6.07) is 2.60. The summed E-state index contributed by atoms with van der Waals surface area (Å²) < 4.78 is 25.9. The molecule has 0 bridgehead atoms. The van der Waals surface area contributed by atoms with Crippen LogP contribution in [0.4, 0.5) is 0 Å². The Bertz CT molecular complexity index is 735. The van der Waals surface area contributed by atoms with Gasteiger partial charge in [0.25, 0.3) is 5.91 Å². The number of nitrogens with one attached hydrogen (secondary N) is 1. The number of carbonyl (C=O) groups excluding carboxylic acids is 1. The Kier molecular flexibility index (Phi) is 4.55. The van der Waals surface area contributed by atoms with Gasteiger partial charge in [0.2, 0.25) is 10.0 Å². The number of rotatable bonds is 5. The van der Waals surface area contributed by atoms with Gasteiger partial charge in [-0.2, -0.15) is 0 Å². The highest BCUT2D eigenvalue weighted by Gasteiger charge is 2.41. The monoisotopic (exact) mass is 353 g/mol. The lowest BCUT2D eigenvalue weighted by Crippen LogP contribution is -2.47. The largest absolute Gasteiger partial charge is 0.477 e. The summed E-state index contributed by atoms with van der Waals surface area (Å²) in [5.41, 5.74) is 0.165. The maximum Gasteiger partial charge on any atom is 0.354 e. The van der Waals surface area contributed by atoms with Crippen LogP contribution in [0.1, 0.15) is 46.5 Å². The van der Waals surface area contributed by atoms with Crippen LogP contribution in [0.3, 0.4) is 0 Å². The minimum Gasteiger partial charge on any atom is -0.477 e. The van der Waals surface area contributed by atoms with Crippen molar-refractivity contribution in [2.24, 2.45) is 0 Å². The molecule has 0 spiro atoms. The van der Waals surface area contributed by atoms with Crippen LogP contribution in [0.5, 0.6) is 0 Å². The van der Waals surface area contributed by atoms with E-state index in [-0.39, 0.29) is 28.5 Å². The molecule has 2 N–H and O–H groups in total. The number of hydrogen-bond donors (Lipinski definition) is 2. The van der Waals surface area contributed by atoms with Crippen molar-refractivity contribution in [2.75, 3.05) is 13.1 Å². The number of carboxylic acid groups (broad SMARTS) is 1. The number of aromatic nitrogens is 1. The van der Waals surface area contributed by atoms with Crippen LogP contribution in [0.2, 0.25) is 0 Å². The molecule has 24 heavy (non-hydrogen) atoms. The van der Waals surface area contributed by atoms with Crippen molar-refractivity contribution in [3.05, 3.63) is 29.6 Å². The SMILES string of the molecule is O=C(NC1CCN(S(=O)(=O)C2CC2)CC1)c1ccc(C(=O)O)nc1. The fourth-order valence-electron chi connectivity index (χ4n) is 2.75. The van der Waals surface area contributed by atoms with Crippen molar-refractivity contribution >= 4 is 21.9 Å². The molecule has 1 saturated heterocycles. The summed E-state index contributed by atoms with van der Waals surface area (Å²) >= 11 is 0. The zero-order valence-corrected chi connectivity index (χ0v) is 13.8. The first-order valence-corrected chi connectivity index (χ1v) is 9.37. The van der Waals surface area contributed by atoms with Crippen molar-refractivity contribution in [1.29, 1.82) is 0 Å². The maximum absolute atomic E-state index is 12.2. The summed E-state index contributed by atoms with van der Waals surface area (Å²) in [5, 5.41) is 11.4. The quantitative estimate of drug-likeness (QED) is 0.794. The third-order valence-electron chi connectivity index (χ3n) is 4.34. The van der Waals surface area contributed by atoms with E-state index in [0.29, 0.717) is 25.9 Å². The van der Waals surface area contributed by atoms with E-state index < -0.39 is 16.0 Å². The lowest BCUT2D eigenvalue weighted by atomic mass is 10.1. The molecule has 3 rings (SSSR count). The number of pyridine rings is 1. The van der Waals surface area contributed by atoms with E-state index in [1.165, 1.54) is 22.6 Å². The zero-order chi connectivity index (χ0) is 17.3. The second kappa shape index (κ2) is 6.48. The highest BCUT2D eigenvalue weighted by molar-refractivity contribution is 7.90. The molecule has 0 aromatic carbocycles. The van der Waals surface area contributed by atoms with Crippen LogP contribution in [0.15, 0.2) is 18.3 Å². The van der Waals surface area contributed by atoms with Gasteiger partial charge < -0.3 is 10.4 Å².